The highest BCUT2D eigenvalue weighted by Gasteiger charge is 2.21. The van der Waals surface area contributed by atoms with E-state index in [9.17, 15) is 4.39 Å². The van der Waals surface area contributed by atoms with Crippen molar-refractivity contribution in [3.8, 4) is 33.8 Å². The minimum absolute atomic E-state index is 0.325. The van der Waals surface area contributed by atoms with Crippen LogP contribution in [0.2, 0.25) is 0 Å². The number of aromatic nitrogens is 6. The molecule has 0 atom stereocenters. The van der Waals surface area contributed by atoms with Crippen LogP contribution in [0.3, 0.4) is 0 Å². The van der Waals surface area contributed by atoms with Gasteiger partial charge in [0.2, 0.25) is 0 Å². The van der Waals surface area contributed by atoms with E-state index >= 15 is 4.39 Å². The summed E-state index contributed by atoms with van der Waals surface area (Å²) in [5, 5.41) is 11.0. The number of rotatable bonds is 9. The fourth-order valence-corrected chi connectivity index (χ4v) is 5.91. The van der Waals surface area contributed by atoms with Crippen LogP contribution in [0.5, 0.6) is 0 Å². The molecule has 0 radical (unpaired) electrons. The number of aromatic amines is 2. The van der Waals surface area contributed by atoms with Gasteiger partial charge in [-0.15, -0.1) is 0 Å². The van der Waals surface area contributed by atoms with Crippen molar-refractivity contribution in [3.63, 3.8) is 0 Å². The summed E-state index contributed by atoms with van der Waals surface area (Å²) in [6.45, 7) is 4.43. The number of likely N-dealkylation sites (tertiary alicyclic amines) is 1. The molecule has 9 nitrogen and oxygen atoms in total. The Labute approximate surface area is 253 Å². The Morgan fingerprint density at radius 1 is 0.977 bits per heavy atom. The van der Waals surface area contributed by atoms with Crippen LogP contribution in [0.1, 0.15) is 18.4 Å². The van der Waals surface area contributed by atoms with Crippen molar-refractivity contribution in [2.24, 2.45) is 0 Å². The molecule has 2 aromatic carbocycles. The third kappa shape index (κ3) is 5.51. The van der Waals surface area contributed by atoms with E-state index in [1.54, 1.807) is 24.5 Å². The largest absolute Gasteiger partial charge is 0.384 e. The van der Waals surface area contributed by atoms with Gasteiger partial charge < -0.3 is 15.2 Å². The zero-order valence-corrected chi connectivity index (χ0v) is 24.7. The summed E-state index contributed by atoms with van der Waals surface area (Å²) in [5.41, 5.74) is 6.18. The predicted octanol–water partition coefficient (Wildman–Crippen LogP) is 6.08. The van der Waals surface area contributed by atoms with E-state index in [4.69, 9.17) is 4.98 Å². The number of imidazole rings is 1. The highest BCUT2D eigenvalue weighted by Crippen LogP contribution is 2.36. The Morgan fingerprint density at radius 3 is 2.68 bits per heavy atom. The maximum atomic E-state index is 16.3. The Balaban J connectivity index is 1.25. The third-order valence-electron chi connectivity index (χ3n) is 8.08. The Kier molecular flexibility index (Phi) is 7.49. The van der Waals surface area contributed by atoms with Crippen molar-refractivity contribution < 1.29 is 8.78 Å². The molecule has 224 valence electrons. The van der Waals surface area contributed by atoms with E-state index in [2.05, 4.69) is 40.3 Å². The molecule has 7 rings (SSSR count). The molecule has 3 N–H and O–H groups in total. The second kappa shape index (κ2) is 11.7. The van der Waals surface area contributed by atoms with Crippen LogP contribution in [0.25, 0.3) is 55.8 Å². The fourth-order valence-electron chi connectivity index (χ4n) is 5.91. The molecular formula is C33H33F2N9. The molecule has 6 aromatic rings. The molecule has 44 heavy (non-hydrogen) atoms. The number of benzene rings is 2. The fraction of sp³-hybridized carbons (Fsp3) is 0.273. The smallest absolute Gasteiger partial charge is 0.161 e. The quantitative estimate of drug-likeness (QED) is 0.187. The van der Waals surface area contributed by atoms with E-state index in [1.807, 2.05) is 38.5 Å². The van der Waals surface area contributed by atoms with Crippen LogP contribution in [0.4, 0.5) is 14.5 Å². The lowest BCUT2D eigenvalue weighted by Crippen LogP contribution is -2.20. The number of nitrogens with one attached hydrogen (secondary N) is 3. The molecule has 1 fully saturated rings. The van der Waals surface area contributed by atoms with Crippen LogP contribution in [-0.2, 0) is 6.54 Å². The minimum Gasteiger partial charge on any atom is -0.384 e. The first kappa shape index (κ1) is 28.1. The van der Waals surface area contributed by atoms with Gasteiger partial charge in [-0.2, -0.15) is 5.10 Å². The van der Waals surface area contributed by atoms with Gasteiger partial charge in [-0.25, -0.2) is 18.7 Å². The standard InChI is InChI=1S/C33H33F2N9/c1-43(2)12-9-37-24-15-21(14-23(34)16-24)26-7-8-38-32-30(26)39-33(40-32)31-28-27(41-42-31)6-5-25(29(28)35)22-13-20(17-36-18-22)19-44-10-3-4-11-44/h5-8,13-18,37H,3-4,9-12,19H2,1-2H3,(H,41,42)(H,38,39,40). The van der Waals surface area contributed by atoms with E-state index in [0.29, 0.717) is 68.1 Å². The maximum absolute atomic E-state index is 16.3. The van der Waals surface area contributed by atoms with Gasteiger partial charge in [0.25, 0.3) is 0 Å². The van der Waals surface area contributed by atoms with Crippen molar-refractivity contribution in [3.05, 3.63) is 78.3 Å². The number of hydrogen-bond acceptors (Lipinski definition) is 7. The van der Waals surface area contributed by atoms with Gasteiger partial charge in [0, 0.05) is 60.6 Å². The first-order valence-corrected chi connectivity index (χ1v) is 14.8. The Bertz CT molecular complexity index is 1960. The zero-order valence-electron chi connectivity index (χ0n) is 24.7. The monoisotopic (exact) mass is 593 g/mol. The van der Waals surface area contributed by atoms with Gasteiger partial charge in [-0.1, -0.05) is 0 Å². The first-order chi connectivity index (χ1) is 21.4. The highest BCUT2D eigenvalue weighted by atomic mass is 19.1. The van der Waals surface area contributed by atoms with Crippen molar-refractivity contribution in [2.75, 3.05) is 45.6 Å². The van der Waals surface area contributed by atoms with Gasteiger partial charge in [-0.3, -0.25) is 15.0 Å². The van der Waals surface area contributed by atoms with Crippen LogP contribution in [0.15, 0.2) is 61.1 Å². The van der Waals surface area contributed by atoms with Gasteiger partial charge >= 0.3 is 0 Å². The topological polar surface area (TPSA) is 102 Å². The van der Waals surface area contributed by atoms with Crippen LogP contribution in [0, 0.1) is 11.6 Å². The number of halogens is 2. The predicted molar refractivity (Wildman–Crippen MR) is 169 cm³/mol. The van der Waals surface area contributed by atoms with Crippen molar-refractivity contribution >= 4 is 27.8 Å². The maximum Gasteiger partial charge on any atom is 0.161 e. The molecule has 1 saturated heterocycles. The van der Waals surface area contributed by atoms with E-state index in [-0.39, 0.29) is 5.82 Å². The zero-order chi connectivity index (χ0) is 30.2. The average molecular weight is 594 g/mol. The molecule has 5 heterocycles. The summed E-state index contributed by atoms with van der Waals surface area (Å²) in [6, 6.07) is 12.2. The normalized spacial score (nSPS) is 13.9. The molecule has 11 heteroatoms. The molecule has 1 aliphatic heterocycles. The van der Waals surface area contributed by atoms with Gasteiger partial charge in [-0.05, 0) is 93.6 Å². The molecule has 1 aliphatic rings. The molecule has 0 saturated carbocycles. The molecule has 0 aliphatic carbocycles. The number of nitrogens with zero attached hydrogens (tertiary/aromatic N) is 6. The third-order valence-corrected chi connectivity index (χ3v) is 8.08. The molecule has 0 unspecified atom stereocenters. The van der Waals surface area contributed by atoms with Gasteiger partial charge in [0.15, 0.2) is 11.5 Å². The lowest BCUT2D eigenvalue weighted by molar-refractivity contribution is 0.331. The molecule has 0 amide bonds. The van der Waals surface area contributed by atoms with E-state index < -0.39 is 5.82 Å². The SMILES string of the molecule is CN(C)CCNc1cc(F)cc(-c2ccnc3[nH]c(-c4n[nH]c5ccc(-c6cncc(CN7CCCC7)c6)c(F)c45)nc23)c1. The first-order valence-electron chi connectivity index (χ1n) is 14.8. The van der Waals surface area contributed by atoms with Crippen molar-refractivity contribution in [2.45, 2.75) is 19.4 Å². The number of hydrogen-bond donors (Lipinski definition) is 3. The van der Waals surface area contributed by atoms with Crippen LogP contribution < -0.4 is 5.32 Å². The summed E-state index contributed by atoms with van der Waals surface area (Å²) < 4.78 is 31.0. The molecular weight excluding hydrogens is 560 g/mol. The van der Waals surface area contributed by atoms with Crippen LogP contribution >= 0.6 is 0 Å². The van der Waals surface area contributed by atoms with Crippen molar-refractivity contribution in [1.29, 1.82) is 0 Å². The number of fused-ring (bicyclic) bond motifs is 2. The second-order valence-corrected chi connectivity index (χ2v) is 11.6. The number of pyridine rings is 2. The number of likely N-dealkylation sites (N-methyl/N-ethyl adjacent to an activating group) is 1. The number of anilines is 1. The van der Waals surface area contributed by atoms with E-state index in [0.717, 1.165) is 31.7 Å². The summed E-state index contributed by atoms with van der Waals surface area (Å²) in [4.78, 5) is 21.3. The van der Waals surface area contributed by atoms with Gasteiger partial charge in [0.1, 0.15) is 22.8 Å². The summed E-state index contributed by atoms with van der Waals surface area (Å²) >= 11 is 0. The highest BCUT2D eigenvalue weighted by molar-refractivity contribution is 5.98. The lowest BCUT2D eigenvalue weighted by atomic mass is 10.0. The molecule has 4 aromatic heterocycles. The van der Waals surface area contributed by atoms with Crippen molar-refractivity contribution in [1.82, 2.24) is 39.9 Å². The van der Waals surface area contributed by atoms with E-state index in [1.165, 1.54) is 25.0 Å². The lowest BCUT2D eigenvalue weighted by Gasteiger charge is -2.15. The second-order valence-electron chi connectivity index (χ2n) is 11.6. The Morgan fingerprint density at radius 2 is 1.84 bits per heavy atom. The molecule has 0 spiro atoms. The summed E-state index contributed by atoms with van der Waals surface area (Å²) in [6.07, 6.45) is 7.60. The summed E-state index contributed by atoms with van der Waals surface area (Å²) in [5.74, 6) is -0.398. The Hall–Kier alpha value is -4.74. The average Bonchev–Trinajstić information content (AvgIpc) is 3.77. The van der Waals surface area contributed by atoms with Gasteiger partial charge in [0.05, 0.1) is 10.9 Å². The van der Waals surface area contributed by atoms with Crippen LogP contribution in [-0.4, -0.2) is 80.2 Å². The molecule has 0 bridgehead atoms. The number of H-pyrrole nitrogens is 2. The summed E-state index contributed by atoms with van der Waals surface area (Å²) in [7, 11) is 3.98. The minimum atomic E-state index is -0.404.